The van der Waals surface area contributed by atoms with Gasteiger partial charge in [0.2, 0.25) is 35.2 Å². The molecule has 0 aliphatic heterocycles. The minimum Gasteiger partial charge on any atom is -0.469 e. The average molecular weight is 1170 g/mol. The van der Waals surface area contributed by atoms with Crippen molar-refractivity contribution in [1.82, 2.24) is 73.2 Å². The maximum Gasteiger partial charge on any atom is 0.307 e. The van der Waals surface area contributed by atoms with Gasteiger partial charge < -0.3 is 89.9 Å². The standard InChI is InChI=1S/C52H63N21O12/c1-67-19-18-53-42(67)51(83)59-30-21-33(69(3)24-30)47(79)55-15-12-40(76)62-36-27-73(7)45(64-36)52(84)60-31-22-32(68(2)25-31)46(78)54-14-9-10-38(74)61-35-26-71(5)43(63-35)49(81)56-16-11-39(75)58-29-20-34(70(4)23-29)48(80)66-37-28-72(6)44(65-37)50(82)57-17-13-41(77)85-8/h18-28H,9-17H2,1-8H3,(H,54,78)(H,55,79)(H,56,81)(H,57,82)(H,58,75)(H,59,83)(H,60,84)(H,61,74)(H,62,76)(H,66,80). The van der Waals surface area contributed by atoms with Crippen LogP contribution in [-0.2, 0) is 73.2 Å². The number of nitrogens with zero attached hydrogens (tertiary/aromatic N) is 11. The highest BCUT2D eigenvalue weighted by Gasteiger charge is 2.23. The number of esters is 1. The lowest BCUT2D eigenvalue weighted by Crippen LogP contribution is -2.29. The first-order valence-corrected chi connectivity index (χ1v) is 26.1. The van der Waals surface area contributed by atoms with E-state index in [0.717, 1.165) is 0 Å². The Balaban J connectivity index is 0.773. The van der Waals surface area contributed by atoms with Gasteiger partial charge >= 0.3 is 5.97 Å². The molecule has 0 unspecified atom stereocenters. The number of rotatable bonds is 26. The van der Waals surface area contributed by atoms with Crippen molar-refractivity contribution in [3.63, 3.8) is 0 Å². The molecule has 10 amide bonds. The van der Waals surface area contributed by atoms with Crippen molar-refractivity contribution in [3.8, 4) is 0 Å². The molecule has 0 aliphatic rings. The average Bonchev–Trinajstić information content (AvgIpc) is 4.13. The largest absolute Gasteiger partial charge is 0.469 e. The van der Waals surface area contributed by atoms with Crippen molar-refractivity contribution in [3.05, 3.63) is 108 Å². The molecule has 7 heterocycles. The number of ether oxygens (including phenoxy) is 1. The zero-order valence-corrected chi connectivity index (χ0v) is 47.5. The SMILES string of the molecule is COC(=O)CCNC(=O)c1nc(NC(=O)c2cc(NC(=O)CCNC(=O)c3nc(NC(=O)CCCNC(=O)c4cc(NC(=O)c5nc(NC(=O)CCNC(=O)c6cc(NC(=O)c7nccn7C)cn6C)cn5C)cn4C)cn3C)cn2C)cn1C. The van der Waals surface area contributed by atoms with Crippen molar-refractivity contribution >= 4 is 99.6 Å². The van der Waals surface area contributed by atoms with Gasteiger partial charge in [-0.05, 0) is 24.6 Å². The van der Waals surface area contributed by atoms with E-state index in [4.69, 9.17) is 0 Å². The van der Waals surface area contributed by atoms with E-state index in [2.05, 4.69) is 77.8 Å². The molecule has 0 bridgehead atoms. The van der Waals surface area contributed by atoms with Crippen LogP contribution in [0.15, 0.2) is 67.8 Å². The Labute approximate surface area is 483 Å². The van der Waals surface area contributed by atoms with Gasteiger partial charge in [-0.2, -0.15) is 0 Å². The fourth-order valence-electron chi connectivity index (χ4n) is 8.31. The lowest BCUT2D eigenvalue weighted by molar-refractivity contribution is -0.140. The molecule has 85 heavy (non-hydrogen) atoms. The predicted molar refractivity (Wildman–Crippen MR) is 303 cm³/mol. The van der Waals surface area contributed by atoms with Gasteiger partial charge in [0.15, 0.2) is 23.3 Å². The van der Waals surface area contributed by atoms with Gasteiger partial charge in [0.1, 0.15) is 17.1 Å². The predicted octanol–water partition coefficient (Wildman–Crippen LogP) is 0.352. The number of carbonyl (C=O) groups excluding carboxylic acids is 11. The smallest absolute Gasteiger partial charge is 0.307 e. The summed E-state index contributed by atoms with van der Waals surface area (Å²) in [5.74, 6) is -5.32. The Morgan fingerprint density at radius 3 is 1.25 bits per heavy atom. The maximum absolute atomic E-state index is 13.3. The summed E-state index contributed by atoms with van der Waals surface area (Å²) in [6, 6.07) is 4.38. The molecule has 0 aromatic carbocycles. The van der Waals surface area contributed by atoms with Gasteiger partial charge in [-0.3, -0.25) is 52.7 Å². The quantitative estimate of drug-likeness (QED) is 0.0258. The molecule has 448 valence electrons. The first kappa shape index (κ1) is 61.5. The van der Waals surface area contributed by atoms with Crippen LogP contribution in [0, 0.1) is 0 Å². The van der Waals surface area contributed by atoms with Crippen LogP contribution in [0.4, 0.5) is 34.5 Å². The van der Waals surface area contributed by atoms with Crippen LogP contribution in [0.5, 0.6) is 0 Å². The van der Waals surface area contributed by atoms with Gasteiger partial charge in [-0.25, -0.2) is 19.9 Å². The molecule has 0 aliphatic carbocycles. The monoisotopic (exact) mass is 1170 g/mol. The molecule has 7 aromatic rings. The number of aryl methyl sites for hydroxylation is 7. The Morgan fingerprint density at radius 2 is 0.776 bits per heavy atom. The van der Waals surface area contributed by atoms with Crippen molar-refractivity contribution in [1.29, 1.82) is 0 Å². The highest BCUT2D eigenvalue weighted by atomic mass is 16.5. The fourth-order valence-corrected chi connectivity index (χ4v) is 8.31. The summed E-state index contributed by atoms with van der Waals surface area (Å²) < 4.78 is 14.8. The molecule has 0 spiro atoms. The molecule has 0 saturated carbocycles. The highest BCUT2D eigenvalue weighted by molar-refractivity contribution is 6.06. The van der Waals surface area contributed by atoms with Crippen LogP contribution in [0.25, 0.3) is 0 Å². The lowest BCUT2D eigenvalue weighted by atomic mass is 10.3. The summed E-state index contributed by atoms with van der Waals surface area (Å²) >= 11 is 0. The van der Waals surface area contributed by atoms with Crippen LogP contribution in [0.1, 0.15) is 106 Å². The zero-order valence-electron chi connectivity index (χ0n) is 47.5. The number of aromatic nitrogens is 11. The van der Waals surface area contributed by atoms with Crippen molar-refractivity contribution in [2.75, 3.05) is 65.2 Å². The minimum atomic E-state index is -0.634. The van der Waals surface area contributed by atoms with Crippen LogP contribution in [0.3, 0.4) is 0 Å². The second-order valence-corrected chi connectivity index (χ2v) is 19.2. The normalized spacial score (nSPS) is 10.8. The first-order chi connectivity index (χ1) is 40.5. The van der Waals surface area contributed by atoms with E-state index in [1.54, 1.807) is 66.3 Å². The summed E-state index contributed by atoms with van der Waals surface area (Å²) in [5.41, 5.74) is 1.56. The Bertz CT molecular complexity index is 3720. The van der Waals surface area contributed by atoms with Crippen LogP contribution in [0.2, 0.25) is 0 Å². The van der Waals surface area contributed by atoms with Crippen molar-refractivity contribution in [2.45, 2.75) is 32.1 Å². The third-order valence-corrected chi connectivity index (χ3v) is 12.5. The second-order valence-electron chi connectivity index (χ2n) is 19.2. The number of amides is 10. The van der Waals surface area contributed by atoms with E-state index in [9.17, 15) is 52.7 Å². The van der Waals surface area contributed by atoms with E-state index in [1.807, 2.05) is 0 Å². The third kappa shape index (κ3) is 16.3. The van der Waals surface area contributed by atoms with E-state index < -0.39 is 65.0 Å². The Morgan fingerprint density at radius 1 is 0.388 bits per heavy atom. The summed E-state index contributed by atoms with van der Waals surface area (Å²) in [7, 11) is 12.4. The van der Waals surface area contributed by atoms with E-state index in [1.165, 1.54) is 89.9 Å². The molecule has 7 aromatic heterocycles. The van der Waals surface area contributed by atoms with Crippen LogP contribution in [-0.4, -0.2) is 150 Å². The number of anilines is 6. The third-order valence-electron chi connectivity index (χ3n) is 12.5. The zero-order chi connectivity index (χ0) is 61.6. The second kappa shape index (κ2) is 27.5. The first-order valence-electron chi connectivity index (χ1n) is 26.1. The Hall–Kier alpha value is -11.2. The molecule has 10 N–H and O–H groups in total. The number of hydrogen-bond acceptors (Lipinski definition) is 16. The number of carbonyl (C=O) groups is 11. The summed E-state index contributed by atoms with van der Waals surface area (Å²) in [6.45, 7) is 0.0299. The van der Waals surface area contributed by atoms with Gasteiger partial charge in [0.25, 0.3) is 41.4 Å². The molecule has 33 nitrogen and oxygen atoms in total. The maximum atomic E-state index is 13.3. The van der Waals surface area contributed by atoms with E-state index in [0.29, 0.717) is 11.4 Å². The van der Waals surface area contributed by atoms with Crippen LogP contribution < -0.4 is 53.2 Å². The summed E-state index contributed by atoms with van der Waals surface area (Å²) in [5, 5.41) is 26.5. The lowest BCUT2D eigenvalue weighted by Gasteiger charge is -2.06. The summed E-state index contributed by atoms with van der Waals surface area (Å²) in [4.78, 5) is 157. The topological polar surface area (TPSA) is 403 Å². The summed E-state index contributed by atoms with van der Waals surface area (Å²) in [6.07, 6.45) is 12.0. The highest BCUT2D eigenvalue weighted by Crippen LogP contribution is 2.19. The number of imidazole rings is 4. The van der Waals surface area contributed by atoms with Gasteiger partial charge in [-0.15, -0.1) is 0 Å². The van der Waals surface area contributed by atoms with Gasteiger partial charge in [0.05, 0.1) is 30.6 Å². The Kier molecular flexibility index (Phi) is 19.9. The molecular weight excluding hydrogens is 1110 g/mol. The molecule has 7 rings (SSSR count). The van der Waals surface area contributed by atoms with Crippen LogP contribution >= 0.6 is 0 Å². The van der Waals surface area contributed by atoms with Crippen molar-refractivity contribution in [2.24, 2.45) is 49.3 Å². The minimum absolute atomic E-state index is 0.00763. The molecule has 0 fully saturated rings. The molecule has 33 heteroatoms. The van der Waals surface area contributed by atoms with E-state index in [-0.39, 0.29) is 122 Å². The molecular formula is C52H63N21O12. The number of methoxy groups -OCH3 is 1. The molecule has 0 radical (unpaired) electrons. The molecule has 0 saturated heterocycles. The van der Waals surface area contributed by atoms with E-state index >= 15 is 0 Å². The number of nitrogens with one attached hydrogen (secondary N) is 10. The van der Waals surface area contributed by atoms with Crippen molar-refractivity contribution < 1.29 is 57.5 Å². The molecule has 0 atom stereocenters. The fraction of sp³-hybridized carbons (Fsp3) is 0.327. The van der Waals surface area contributed by atoms with Gasteiger partial charge in [-0.1, -0.05) is 0 Å². The number of hydrogen-bond donors (Lipinski definition) is 10. The van der Waals surface area contributed by atoms with Gasteiger partial charge in [0, 0.05) is 144 Å².